The van der Waals surface area contributed by atoms with E-state index in [2.05, 4.69) is 31.2 Å². The highest BCUT2D eigenvalue weighted by atomic mass is 79.9. The smallest absolute Gasteiger partial charge is 0.191 e. The molecule has 0 atom stereocenters. The first kappa shape index (κ1) is 16.7. The first-order valence-electron chi connectivity index (χ1n) is 7.27. The van der Waals surface area contributed by atoms with Crippen LogP contribution in [0, 0.1) is 0 Å². The maximum Gasteiger partial charge on any atom is 0.191 e. The van der Waals surface area contributed by atoms with E-state index in [4.69, 9.17) is 0 Å². The number of fused-ring (bicyclic) bond motifs is 3. The van der Waals surface area contributed by atoms with Crippen molar-refractivity contribution in [3.8, 4) is 0 Å². The standard InChI is InChI=1S/C17H13BrN4O.ClH/c18-12-3-4-14-13(8-12)17-20-6-7-22(17)16(21-14)9-15(23)11-2-1-5-19-10-11;/h1-5,8-10,21H,6-7H2;1H. The quantitative estimate of drug-likeness (QED) is 0.614. The summed E-state index contributed by atoms with van der Waals surface area (Å²) in [5, 5.41) is 3.34. The number of allylic oxidation sites excluding steroid dienone is 1. The van der Waals surface area contributed by atoms with Gasteiger partial charge in [0.25, 0.3) is 0 Å². The Balaban J connectivity index is 0.00000169. The lowest BCUT2D eigenvalue weighted by Crippen LogP contribution is -2.36. The summed E-state index contributed by atoms with van der Waals surface area (Å²) in [7, 11) is 0. The third-order valence-electron chi connectivity index (χ3n) is 3.83. The number of nitrogens with one attached hydrogen (secondary N) is 1. The average Bonchev–Trinajstić information content (AvgIpc) is 3.06. The minimum absolute atomic E-state index is 0. The van der Waals surface area contributed by atoms with Crippen molar-refractivity contribution >= 4 is 45.6 Å². The Morgan fingerprint density at radius 3 is 3.00 bits per heavy atom. The summed E-state index contributed by atoms with van der Waals surface area (Å²) in [5.41, 5.74) is 2.57. The number of rotatable bonds is 2. The SMILES string of the molecule is Cl.O=C(C=C1Nc2ccc(Br)cc2C2=NCCN12)c1cccnc1. The molecule has 0 unspecified atom stereocenters. The van der Waals surface area contributed by atoms with Crippen molar-refractivity contribution in [1.82, 2.24) is 9.88 Å². The number of aliphatic imine (C=N–C) groups is 1. The number of nitrogens with zero attached hydrogens (tertiary/aromatic N) is 3. The first-order valence-corrected chi connectivity index (χ1v) is 8.07. The topological polar surface area (TPSA) is 57.6 Å². The Morgan fingerprint density at radius 1 is 1.33 bits per heavy atom. The van der Waals surface area contributed by atoms with Crippen molar-refractivity contribution in [2.24, 2.45) is 4.99 Å². The van der Waals surface area contributed by atoms with Crippen LogP contribution in [0.1, 0.15) is 15.9 Å². The summed E-state index contributed by atoms with van der Waals surface area (Å²) in [5.74, 6) is 1.59. The molecule has 7 heteroatoms. The molecular formula is C17H14BrClN4O. The lowest BCUT2D eigenvalue weighted by atomic mass is 10.1. The number of halogens is 2. The maximum atomic E-state index is 12.4. The van der Waals surface area contributed by atoms with Gasteiger partial charge in [-0.25, -0.2) is 0 Å². The van der Waals surface area contributed by atoms with Gasteiger partial charge in [0.1, 0.15) is 11.7 Å². The minimum atomic E-state index is -0.0765. The monoisotopic (exact) mass is 404 g/mol. The second kappa shape index (κ2) is 6.75. The summed E-state index contributed by atoms with van der Waals surface area (Å²) < 4.78 is 1.01. The first-order chi connectivity index (χ1) is 11.2. The molecule has 5 nitrogen and oxygen atoms in total. The van der Waals surface area contributed by atoms with Crippen LogP contribution in [0.4, 0.5) is 5.69 Å². The minimum Gasteiger partial charge on any atom is -0.341 e. The highest BCUT2D eigenvalue weighted by Crippen LogP contribution is 2.32. The summed E-state index contributed by atoms with van der Waals surface area (Å²) >= 11 is 3.50. The van der Waals surface area contributed by atoms with Gasteiger partial charge in [-0.2, -0.15) is 0 Å². The second-order valence-electron chi connectivity index (χ2n) is 5.31. The number of carbonyl (C=O) groups is 1. The van der Waals surface area contributed by atoms with Crippen LogP contribution in [-0.4, -0.2) is 34.6 Å². The fourth-order valence-electron chi connectivity index (χ4n) is 2.76. The molecule has 1 N–H and O–H groups in total. The molecule has 0 fully saturated rings. The molecule has 0 radical (unpaired) electrons. The zero-order valence-corrected chi connectivity index (χ0v) is 15.0. The van der Waals surface area contributed by atoms with E-state index < -0.39 is 0 Å². The number of aromatic nitrogens is 1. The zero-order valence-electron chi connectivity index (χ0n) is 12.6. The van der Waals surface area contributed by atoms with Gasteiger partial charge in [0.05, 0.1) is 12.2 Å². The third kappa shape index (κ3) is 2.95. The van der Waals surface area contributed by atoms with E-state index in [-0.39, 0.29) is 18.2 Å². The van der Waals surface area contributed by atoms with E-state index in [9.17, 15) is 4.79 Å². The number of hydrogen-bond acceptors (Lipinski definition) is 5. The van der Waals surface area contributed by atoms with Gasteiger partial charge in [-0.05, 0) is 30.3 Å². The Labute approximate surface area is 154 Å². The van der Waals surface area contributed by atoms with Crippen molar-refractivity contribution in [3.05, 3.63) is 70.2 Å². The van der Waals surface area contributed by atoms with Gasteiger partial charge in [-0.3, -0.25) is 14.8 Å². The molecule has 1 aromatic heterocycles. The molecule has 2 aliphatic heterocycles. The van der Waals surface area contributed by atoms with Crippen LogP contribution in [0.25, 0.3) is 0 Å². The van der Waals surface area contributed by atoms with E-state index in [1.807, 2.05) is 23.1 Å². The van der Waals surface area contributed by atoms with Crippen LogP contribution >= 0.6 is 28.3 Å². The van der Waals surface area contributed by atoms with Gasteiger partial charge in [0.2, 0.25) is 0 Å². The molecular weight excluding hydrogens is 392 g/mol. The number of hydrogen-bond donors (Lipinski definition) is 1. The summed E-state index contributed by atoms with van der Waals surface area (Å²) in [4.78, 5) is 23.1. The molecule has 0 spiro atoms. The molecule has 4 rings (SSSR count). The predicted molar refractivity (Wildman–Crippen MR) is 99.8 cm³/mol. The summed E-state index contributed by atoms with van der Waals surface area (Å²) in [6.45, 7) is 1.49. The lowest BCUT2D eigenvalue weighted by Gasteiger charge is -2.31. The number of anilines is 1. The van der Waals surface area contributed by atoms with Gasteiger partial charge in [0, 0.05) is 40.6 Å². The number of carbonyl (C=O) groups excluding carboxylic acids is 1. The number of benzene rings is 1. The van der Waals surface area contributed by atoms with Crippen molar-refractivity contribution < 1.29 is 4.79 Å². The molecule has 24 heavy (non-hydrogen) atoms. The molecule has 122 valence electrons. The summed E-state index contributed by atoms with van der Waals surface area (Å²) in [6, 6.07) is 9.52. The van der Waals surface area contributed by atoms with E-state index in [1.54, 1.807) is 30.6 Å². The predicted octanol–water partition coefficient (Wildman–Crippen LogP) is 3.48. The maximum absolute atomic E-state index is 12.4. The normalized spacial score (nSPS) is 16.6. The van der Waals surface area contributed by atoms with Crippen molar-refractivity contribution in [2.45, 2.75) is 0 Å². The van der Waals surface area contributed by atoms with Gasteiger partial charge >= 0.3 is 0 Å². The molecule has 0 saturated carbocycles. The number of amidine groups is 1. The Hall–Kier alpha value is -2.18. The van der Waals surface area contributed by atoms with E-state index in [1.165, 1.54) is 0 Å². The largest absolute Gasteiger partial charge is 0.341 e. The summed E-state index contributed by atoms with van der Waals surface area (Å²) in [6.07, 6.45) is 4.84. The highest BCUT2D eigenvalue weighted by molar-refractivity contribution is 9.10. The Bertz CT molecular complexity index is 851. The molecule has 0 aliphatic carbocycles. The van der Waals surface area contributed by atoms with E-state index >= 15 is 0 Å². The molecule has 1 aromatic carbocycles. The van der Waals surface area contributed by atoms with Crippen LogP contribution in [0.3, 0.4) is 0 Å². The lowest BCUT2D eigenvalue weighted by molar-refractivity contribution is 0.104. The van der Waals surface area contributed by atoms with Gasteiger partial charge < -0.3 is 10.2 Å². The molecule has 2 aromatic rings. The average molecular weight is 406 g/mol. The fraction of sp³-hybridized carbons (Fsp3) is 0.118. The molecule has 2 aliphatic rings. The van der Waals surface area contributed by atoms with Gasteiger partial charge in [-0.15, -0.1) is 12.4 Å². The second-order valence-corrected chi connectivity index (χ2v) is 6.22. The fourth-order valence-corrected chi connectivity index (χ4v) is 3.12. The van der Waals surface area contributed by atoms with Gasteiger partial charge in [0.15, 0.2) is 5.78 Å². The third-order valence-corrected chi connectivity index (χ3v) is 4.32. The van der Waals surface area contributed by atoms with Crippen molar-refractivity contribution in [2.75, 3.05) is 18.4 Å². The molecule has 3 heterocycles. The van der Waals surface area contributed by atoms with Crippen molar-refractivity contribution in [1.29, 1.82) is 0 Å². The van der Waals surface area contributed by atoms with Crippen LogP contribution in [0.2, 0.25) is 0 Å². The van der Waals surface area contributed by atoms with Crippen molar-refractivity contribution in [3.63, 3.8) is 0 Å². The van der Waals surface area contributed by atoms with E-state index in [0.717, 1.165) is 40.5 Å². The van der Waals surface area contributed by atoms with Gasteiger partial charge in [-0.1, -0.05) is 15.9 Å². The van der Waals surface area contributed by atoms with E-state index in [0.29, 0.717) is 5.56 Å². The molecule has 0 bridgehead atoms. The zero-order chi connectivity index (χ0) is 15.8. The highest BCUT2D eigenvalue weighted by Gasteiger charge is 2.29. The van der Waals surface area contributed by atoms with Crippen LogP contribution < -0.4 is 5.32 Å². The Kier molecular flexibility index (Phi) is 4.69. The van der Waals surface area contributed by atoms with Crippen LogP contribution in [0.5, 0.6) is 0 Å². The molecule has 0 amide bonds. The van der Waals surface area contributed by atoms with Crippen LogP contribution in [-0.2, 0) is 0 Å². The van der Waals surface area contributed by atoms with Crippen LogP contribution in [0.15, 0.2) is 64.1 Å². The Morgan fingerprint density at radius 2 is 2.21 bits per heavy atom. The number of pyridine rings is 1. The number of ketones is 1. The molecule has 0 saturated heterocycles.